The molecule has 0 aromatic rings. The van der Waals surface area contributed by atoms with Crippen molar-refractivity contribution in [3.63, 3.8) is 0 Å². The molecule has 0 bridgehead atoms. The number of ether oxygens (including phenoxy) is 1. The van der Waals surface area contributed by atoms with E-state index in [1.54, 1.807) is 0 Å². The van der Waals surface area contributed by atoms with E-state index in [0.29, 0.717) is 11.4 Å². The van der Waals surface area contributed by atoms with Crippen LogP contribution in [0.4, 0.5) is 0 Å². The molecule has 6 heteroatoms. The van der Waals surface area contributed by atoms with E-state index in [2.05, 4.69) is 38.8 Å². The largest absolute Gasteiger partial charge is 0.465 e. The molecule has 88 valence electrons. The summed E-state index contributed by atoms with van der Waals surface area (Å²) in [6.07, 6.45) is 2.04. The first-order valence-electron chi connectivity index (χ1n) is 4.47. The summed E-state index contributed by atoms with van der Waals surface area (Å²) in [6, 6.07) is 0. The fourth-order valence-corrected chi connectivity index (χ4v) is 2.18. The molecule has 0 amide bonds. The van der Waals surface area contributed by atoms with E-state index >= 15 is 0 Å². The highest BCUT2D eigenvalue weighted by Gasteiger charge is 2.18. The number of hydrogen-bond donors (Lipinski definition) is 0. The van der Waals surface area contributed by atoms with Crippen LogP contribution in [0.1, 0.15) is 26.7 Å². The standard InChI is InChI=1S/C8H14Br2O2.CO2/c1-3-6(9)5-7(10)8(11)12-4-2;2-1-3/h6-7H,3-5H2,1-2H3;/t6-,7?;/m1./s1. The third-order valence-corrected chi connectivity index (χ3v) is 3.22. The van der Waals surface area contributed by atoms with Crippen LogP contribution < -0.4 is 0 Å². The van der Waals surface area contributed by atoms with Crippen molar-refractivity contribution in [1.82, 2.24) is 0 Å². The molecule has 0 aliphatic heterocycles. The average Bonchev–Trinajstić information content (AvgIpc) is 2.19. The van der Waals surface area contributed by atoms with E-state index in [1.165, 1.54) is 0 Å². The monoisotopic (exact) mass is 344 g/mol. The van der Waals surface area contributed by atoms with E-state index < -0.39 is 0 Å². The zero-order valence-corrected chi connectivity index (χ0v) is 11.8. The Kier molecular flexibility index (Phi) is 13.6. The fourth-order valence-electron chi connectivity index (χ4n) is 0.720. The maximum Gasteiger partial charge on any atom is 0.373 e. The predicted molar refractivity (Wildman–Crippen MR) is 62.0 cm³/mol. The van der Waals surface area contributed by atoms with Crippen LogP contribution >= 0.6 is 31.9 Å². The zero-order chi connectivity index (χ0) is 12.3. The van der Waals surface area contributed by atoms with Gasteiger partial charge in [0, 0.05) is 4.83 Å². The summed E-state index contributed by atoms with van der Waals surface area (Å²) in [7, 11) is 0. The van der Waals surface area contributed by atoms with Gasteiger partial charge in [0.25, 0.3) is 0 Å². The molecule has 0 fully saturated rings. The average molecular weight is 346 g/mol. The Morgan fingerprint density at radius 3 is 2.13 bits per heavy atom. The second-order valence-corrected chi connectivity index (χ2v) is 4.94. The van der Waals surface area contributed by atoms with Crippen LogP contribution in [0.25, 0.3) is 0 Å². The summed E-state index contributed by atoms with van der Waals surface area (Å²) in [6.45, 7) is 4.33. The lowest BCUT2D eigenvalue weighted by atomic mass is 10.2. The van der Waals surface area contributed by atoms with E-state index in [1.807, 2.05) is 6.92 Å². The SMILES string of the molecule is CCOC(=O)C(Br)C[C@H](Br)CC.O=C=O. The second kappa shape index (κ2) is 11.9. The quantitative estimate of drug-likeness (QED) is 0.566. The van der Waals surface area contributed by atoms with Crippen LogP contribution in [0.3, 0.4) is 0 Å². The van der Waals surface area contributed by atoms with Crippen molar-refractivity contribution in [2.24, 2.45) is 0 Å². The zero-order valence-electron chi connectivity index (χ0n) is 8.66. The molecule has 0 aliphatic rings. The topological polar surface area (TPSA) is 60.4 Å². The van der Waals surface area contributed by atoms with E-state index in [9.17, 15) is 4.79 Å². The minimum Gasteiger partial charge on any atom is -0.465 e. The van der Waals surface area contributed by atoms with Crippen molar-refractivity contribution in [2.75, 3.05) is 6.61 Å². The highest BCUT2D eigenvalue weighted by molar-refractivity contribution is 9.10. The van der Waals surface area contributed by atoms with Crippen LogP contribution in [-0.2, 0) is 19.1 Å². The van der Waals surface area contributed by atoms with Crippen LogP contribution in [0, 0.1) is 0 Å². The Labute approximate surface area is 106 Å². The van der Waals surface area contributed by atoms with Crippen molar-refractivity contribution < 1.29 is 19.1 Å². The maximum absolute atomic E-state index is 11.1. The van der Waals surface area contributed by atoms with Gasteiger partial charge in [0.05, 0.1) is 6.61 Å². The first kappa shape index (κ1) is 17.2. The lowest BCUT2D eigenvalue weighted by Gasteiger charge is -2.11. The highest BCUT2D eigenvalue weighted by Crippen LogP contribution is 2.18. The molecular weight excluding hydrogens is 332 g/mol. The number of rotatable bonds is 5. The molecule has 0 aromatic carbocycles. The van der Waals surface area contributed by atoms with E-state index in [0.717, 1.165) is 12.8 Å². The number of esters is 1. The van der Waals surface area contributed by atoms with Gasteiger partial charge in [-0.2, -0.15) is 9.59 Å². The number of carbonyl (C=O) groups excluding carboxylic acids is 3. The summed E-state index contributed by atoms with van der Waals surface area (Å²) in [4.78, 5) is 27.6. The third kappa shape index (κ3) is 11.7. The minimum absolute atomic E-state index is 0.171. The molecule has 0 N–H and O–H groups in total. The first-order valence-corrected chi connectivity index (χ1v) is 6.30. The van der Waals surface area contributed by atoms with Gasteiger partial charge in [-0.05, 0) is 19.8 Å². The third-order valence-electron chi connectivity index (χ3n) is 1.45. The molecule has 0 heterocycles. The van der Waals surface area contributed by atoms with Crippen molar-refractivity contribution in [2.45, 2.75) is 36.3 Å². The van der Waals surface area contributed by atoms with Gasteiger partial charge in [-0.3, -0.25) is 4.79 Å². The molecule has 0 aromatic heterocycles. The van der Waals surface area contributed by atoms with Gasteiger partial charge in [-0.1, -0.05) is 38.8 Å². The Morgan fingerprint density at radius 2 is 1.80 bits per heavy atom. The number of alkyl halides is 2. The molecular formula is C9H14Br2O4. The number of carbonyl (C=O) groups is 1. The van der Waals surface area contributed by atoms with Crippen LogP contribution in [0.2, 0.25) is 0 Å². The first-order chi connectivity index (χ1) is 7.03. The normalized spacial score (nSPS) is 12.8. The summed E-state index contributed by atoms with van der Waals surface area (Å²) in [5, 5.41) is 0. The van der Waals surface area contributed by atoms with Gasteiger partial charge in [-0.25, -0.2) is 0 Å². The fraction of sp³-hybridized carbons (Fsp3) is 0.778. The molecule has 4 nitrogen and oxygen atoms in total. The number of hydrogen-bond acceptors (Lipinski definition) is 4. The molecule has 2 atom stereocenters. The van der Waals surface area contributed by atoms with E-state index in [4.69, 9.17) is 14.3 Å². The van der Waals surface area contributed by atoms with Crippen LogP contribution in [0.15, 0.2) is 0 Å². The Balaban J connectivity index is 0. The lowest BCUT2D eigenvalue weighted by molar-refractivity contribution is -0.191. The lowest BCUT2D eigenvalue weighted by Crippen LogP contribution is -2.20. The van der Waals surface area contributed by atoms with Gasteiger partial charge in [0.15, 0.2) is 0 Å². The summed E-state index contributed by atoms with van der Waals surface area (Å²) < 4.78 is 4.84. The van der Waals surface area contributed by atoms with E-state index in [-0.39, 0.29) is 16.9 Å². The van der Waals surface area contributed by atoms with Crippen molar-refractivity contribution >= 4 is 44.0 Å². The van der Waals surface area contributed by atoms with Crippen LogP contribution in [0.5, 0.6) is 0 Å². The van der Waals surface area contributed by atoms with Crippen molar-refractivity contribution in [3.8, 4) is 0 Å². The second-order valence-electron chi connectivity index (χ2n) is 2.54. The number of halogens is 2. The molecule has 0 aliphatic carbocycles. The van der Waals surface area contributed by atoms with Gasteiger partial charge < -0.3 is 4.74 Å². The van der Waals surface area contributed by atoms with Gasteiger partial charge in [0.2, 0.25) is 0 Å². The summed E-state index contributed by atoms with van der Waals surface area (Å²) in [5.41, 5.74) is 0. The van der Waals surface area contributed by atoms with Gasteiger partial charge in [-0.15, -0.1) is 0 Å². The minimum atomic E-state index is -0.179. The van der Waals surface area contributed by atoms with Gasteiger partial charge in [0.1, 0.15) is 4.83 Å². The molecule has 0 rings (SSSR count). The molecule has 0 spiro atoms. The molecule has 0 radical (unpaired) electrons. The molecule has 15 heavy (non-hydrogen) atoms. The smallest absolute Gasteiger partial charge is 0.373 e. The Bertz CT molecular complexity index is 202. The van der Waals surface area contributed by atoms with Crippen molar-refractivity contribution in [3.05, 3.63) is 0 Å². The maximum atomic E-state index is 11.1. The predicted octanol–water partition coefficient (Wildman–Crippen LogP) is 2.29. The Morgan fingerprint density at radius 1 is 1.33 bits per heavy atom. The van der Waals surface area contributed by atoms with Gasteiger partial charge >= 0.3 is 12.1 Å². The summed E-state index contributed by atoms with van der Waals surface area (Å²) in [5.74, 6) is -0.171. The van der Waals surface area contributed by atoms with Crippen LogP contribution in [-0.4, -0.2) is 28.4 Å². The Hall–Kier alpha value is -0.190. The highest BCUT2D eigenvalue weighted by atomic mass is 79.9. The molecule has 0 saturated heterocycles. The van der Waals surface area contributed by atoms with Crippen molar-refractivity contribution in [1.29, 1.82) is 0 Å². The summed E-state index contributed by atoms with van der Waals surface area (Å²) >= 11 is 6.74. The molecule has 1 unspecified atom stereocenters. The molecule has 0 saturated carbocycles.